The molecule has 4 rings (SSSR count). The maximum atomic E-state index is 13.2. The number of anilines is 1. The van der Waals surface area contributed by atoms with E-state index in [0.29, 0.717) is 45.1 Å². The SMILES string of the molecule is CCOC(=O)c1ccc(NC(=O)C2CC(=O)N(CCc3ccc(Cl)cc3)C(=Nc3cccc(Cl)c3)S2)cc1. The fraction of sp³-hybridized carbons (Fsp3) is 0.214. The van der Waals surface area contributed by atoms with Crippen molar-refractivity contribution in [3.8, 4) is 0 Å². The molecule has 0 aliphatic carbocycles. The zero-order valence-corrected chi connectivity index (χ0v) is 22.9. The molecule has 1 atom stereocenters. The molecule has 10 heteroatoms. The van der Waals surface area contributed by atoms with E-state index in [0.717, 1.165) is 5.56 Å². The van der Waals surface area contributed by atoms with Gasteiger partial charge in [0.15, 0.2) is 5.17 Å². The van der Waals surface area contributed by atoms with Crippen molar-refractivity contribution in [3.63, 3.8) is 0 Å². The van der Waals surface area contributed by atoms with Gasteiger partial charge in [0, 0.05) is 28.7 Å². The second-order valence-electron chi connectivity index (χ2n) is 8.39. The Bertz CT molecular complexity index is 1350. The van der Waals surface area contributed by atoms with Crippen LogP contribution in [0.5, 0.6) is 0 Å². The average Bonchev–Trinajstić information content (AvgIpc) is 2.89. The summed E-state index contributed by atoms with van der Waals surface area (Å²) in [5.41, 5.74) is 2.51. The molecule has 0 spiro atoms. The van der Waals surface area contributed by atoms with Gasteiger partial charge >= 0.3 is 5.97 Å². The molecule has 0 saturated carbocycles. The number of carbonyl (C=O) groups excluding carboxylic acids is 3. The van der Waals surface area contributed by atoms with Gasteiger partial charge in [-0.25, -0.2) is 9.79 Å². The van der Waals surface area contributed by atoms with Crippen LogP contribution in [0.15, 0.2) is 77.8 Å². The molecule has 3 aromatic rings. The van der Waals surface area contributed by atoms with Crippen LogP contribution in [-0.2, 0) is 20.7 Å². The third-order valence-electron chi connectivity index (χ3n) is 5.67. The van der Waals surface area contributed by atoms with E-state index in [2.05, 4.69) is 10.3 Å². The highest BCUT2D eigenvalue weighted by Gasteiger charge is 2.35. The highest BCUT2D eigenvalue weighted by Crippen LogP contribution is 2.31. The molecule has 1 N–H and O–H groups in total. The summed E-state index contributed by atoms with van der Waals surface area (Å²) in [7, 11) is 0. The molecule has 0 bridgehead atoms. The van der Waals surface area contributed by atoms with Crippen LogP contribution in [0.4, 0.5) is 11.4 Å². The summed E-state index contributed by atoms with van der Waals surface area (Å²) < 4.78 is 4.99. The minimum atomic E-state index is -0.683. The zero-order chi connectivity index (χ0) is 27.1. The Labute approximate surface area is 235 Å². The summed E-state index contributed by atoms with van der Waals surface area (Å²) in [4.78, 5) is 44.5. The molecule has 38 heavy (non-hydrogen) atoms. The number of hydrogen-bond acceptors (Lipinski definition) is 6. The summed E-state index contributed by atoms with van der Waals surface area (Å²) in [6, 6.07) is 20.9. The number of thioether (sulfide) groups is 1. The van der Waals surface area contributed by atoms with Gasteiger partial charge in [-0.05, 0) is 73.5 Å². The Morgan fingerprint density at radius 3 is 2.47 bits per heavy atom. The van der Waals surface area contributed by atoms with Crippen LogP contribution < -0.4 is 5.32 Å². The molecule has 0 radical (unpaired) electrons. The fourth-order valence-corrected chi connectivity index (χ4v) is 5.17. The first-order valence-corrected chi connectivity index (χ1v) is 13.6. The number of hydrogen-bond donors (Lipinski definition) is 1. The molecule has 1 saturated heterocycles. The van der Waals surface area contributed by atoms with Crippen molar-refractivity contribution in [3.05, 3.63) is 94.0 Å². The number of benzene rings is 3. The van der Waals surface area contributed by atoms with Crippen molar-refractivity contribution in [2.45, 2.75) is 25.0 Å². The van der Waals surface area contributed by atoms with Gasteiger partial charge in [0.25, 0.3) is 0 Å². The molecule has 1 fully saturated rings. The van der Waals surface area contributed by atoms with Crippen LogP contribution >= 0.6 is 35.0 Å². The lowest BCUT2D eigenvalue weighted by Gasteiger charge is -2.32. The number of nitrogens with zero attached hydrogens (tertiary/aromatic N) is 2. The number of amidine groups is 1. The molecule has 196 valence electrons. The van der Waals surface area contributed by atoms with E-state index in [4.69, 9.17) is 27.9 Å². The number of carbonyl (C=O) groups is 3. The highest BCUT2D eigenvalue weighted by molar-refractivity contribution is 8.15. The largest absolute Gasteiger partial charge is 0.462 e. The van der Waals surface area contributed by atoms with Crippen molar-refractivity contribution in [2.24, 2.45) is 4.99 Å². The Kier molecular flexibility index (Phi) is 9.44. The van der Waals surface area contributed by atoms with Gasteiger partial charge < -0.3 is 10.1 Å². The van der Waals surface area contributed by atoms with Gasteiger partial charge in [-0.1, -0.05) is 53.2 Å². The lowest BCUT2D eigenvalue weighted by molar-refractivity contribution is -0.129. The van der Waals surface area contributed by atoms with Gasteiger partial charge in [-0.15, -0.1) is 0 Å². The maximum absolute atomic E-state index is 13.2. The van der Waals surface area contributed by atoms with E-state index in [-0.39, 0.29) is 24.8 Å². The molecule has 3 aromatic carbocycles. The number of rotatable bonds is 8. The molecular formula is C28H25Cl2N3O4S. The van der Waals surface area contributed by atoms with Crippen LogP contribution in [0.1, 0.15) is 29.3 Å². The van der Waals surface area contributed by atoms with Crippen LogP contribution in [0.3, 0.4) is 0 Å². The Hall–Kier alpha value is -3.33. The van der Waals surface area contributed by atoms with Crippen molar-refractivity contribution < 1.29 is 19.1 Å². The second-order valence-corrected chi connectivity index (χ2v) is 10.4. The summed E-state index contributed by atoms with van der Waals surface area (Å²) in [6.07, 6.45) is 0.619. The monoisotopic (exact) mass is 569 g/mol. The summed E-state index contributed by atoms with van der Waals surface area (Å²) in [5.74, 6) is -0.959. The average molecular weight is 570 g/mol. The molecule has 0 aromatic heterocycles. The highest BCUT2D eigenvalue weighted by atomic mass is 35.5. The molecular weight excluding hydrogens is 545 g/mol. The normalized spacial score (nSPS) is 16.4. The Balaban J connectivity index is 1.50. The predicted octanol–water partition coefficient (Wildman–Crippen LogP) is 6.37. The topological polar surface area (TPSA) is 88.1 Å². The van der Waals surface area contributed by atoms with Gasteiger partial charge in [0.05, 0.1) is 17.9 Å². The first-order chi connectivity index (χ1) is 18.3. The first kappa shape index (κ1) is 27.7. The van der Waals surface area contributed by atoms with E-state index in [1.54, 1.807) is 60.4 Å². The summed E-state index contributed by atoms with van der Waals surface area (Å²) >= 11 is 13.4. The van der Waals surface area contributed by atoms with E-state index in [1.807, 2.05) is 24.3 Å². The van der Waals surface area contributed by atoms with Crippen LogP contribution in [0.2, 0.25) is 10.0 Å². The maximum Gasteiger partial charge on any atom is 0.338 e. The first-order valence-electron chi connectivity index (χ1n) is 12.0. The van der Waals surface area contributed by atoms with Gasteiger partial charge in [-0.3, -0.25) is 14.5 Å². The summed E-state index contributed by atoms with van der Waals surface area (Å²) in [6.45, 7) is 2.41. The molecule has 1 unspecified atom stereocenters. The van der Waals surface area contributed by atoms with Crippen molar-refractivity contribution in [2.75, 3.05) is 18.5 Å². The van der Waals surface area contributed by atoms with Crippen molar-refractivity contribution >= 4 is 69.3 Å². The van der Waals surface area contributed by atoms with Crippen LogP contribution in [0.25, 0.3) is 0 Å². The second kappa shape index (κ2) is 13.0. The number of ether oxygens (including phenoxy) is 1. The van der Waals surface area contributed by atoms with Gasteiger partial charge in [0.2, 0.25) is 11.8 Å². The van der Waals surface area contributed by atoms with Crippen LogP contribution in [0, 0.1) is 0 Å². The van der Waals surface area contributed by atoms with Gasteiger partial charge in [0.1, 0.15) is 5.25 Å². The van der Waals surface area contributed by atoms with E-state index >= 15 is 0 Å². The van der Waals surface area contributed by atoms with Crippen LogP contribution in [-0.4, -0.2) is 46.3 Å². The third kappa shape index (κ3) is 7.37. The number of amides is 2. The number of esters is 1. The lowest BCUT2D eigenvalue weighted by atomic mass is 10.1. The molecule has 7 nitrogen and oxygen atoms in total. The minimum Gasteiger partial charge on any atom is -0.462 e. The van der Waals surface area contributed by atoms with Gasteiger partial charge in [-0.2, -0.15) is 0 Å². The quantitative estimate of drug-likeness (QED) is 0.318. The smallest absolute Gasteiger partial charge is 0.338 e. The molecule has 1 aliphatic rings. The van der Waals surface area contributed by atoms with E-state index < -0.39 is 11.2 Å². The molecule has 2 amide bonds. The third-order valence-corrected chi connectivity index (χ3v) is 7.34. The Morgan fingerprint density at radius 1 is 1.05 bits per heavy atom. The van der Waals surface area contributed by atoms with E-state index in [9.17, 15) is 14.4 Å². The van der Waals surface area contributed by atoms with Crippen molar-refractivity contribution in [1.82, 2.24) is 4.90 Å². The minimum absolute atomic E-state index is 0.0204. The van der Waals surface area contributed by atoms with E-state index in [1.165, 1.54) is 11.8 Å². The predicted molar refractivity (Wildman–Crippen MR) is 152 cm³/mol. The number of nitrogens with one attached hydrogen (secondary N) is 1. The number of halogens is 2. The number of aliphatic imine (C=N–C) groups is 1. The lowest BCUT2D eigenvalue weighted by Crippen LogP contribution is -2.46. The molecule has 1 heterocycles. The fourth-order valence-electron chi connectivity index (χ4n) is 3.74. The molecule has 1 aliphatic heterocycles. The summed E-state index contributed by atoms with van der Waals surface area (Å²) in [5, 5.41) is 3.74. The Morgan fingerprint density at radius 2 is 1.79 bits per heavy atom. The standard InChI is InChI=1S/C28H25Cl2N3O4S/c1-2-37-27(36)19-8-12-22(13-9-19)31-26(35)24-17-25(34)33(15-14-18-6-10-20(29)11-7-18)28(38-24)32-23-5-3-4-21(30)16-23/h3-13,16,24H,2,14-15,17H2,1H3,(H,31,35). The van der Waals surface area contributed by atoms with Crippen molar-refractivity contribution in [1.29, 1.82) is 0 Å². The zero-order valence-electron chi connectivity index (χ0n) is 20.5.